The zero-order chi connectivity index (χ0) is 11.5. The molecule has 3 rings (SSSR count). The van der Waals surface area contributed by atoms with Gasteiger partial charge in [0.05, 0.1) is 6.20 Å². The molecule has 4 heteroatoms. The summed E-state index contributed by atoms with van der Waals surface area (Å²) in [5.41, 5.74) is 2.87. The largest absolute Gasteiger partial charge is 0.314 e. The molecule has 0 atom stereocenters. The van der Waals surface area contributed by atoms with E-state index in [4.69, 9.17) is 0 Å². The molecule has 0 aromatic carbocycles. The third-order valence-corrected chi connectivity index (χ3v) is 4.17. The lowest BCUT2D eigenvalue weighted by molar-refractivity contribution is 0.243. The highest BCUT2D eigenvalue weighted by molar-refractivity contribution is 5.22. The molecule has 1 aliphatic heterocycles. The molecule has 2 fully saturated rings. The molecule has 17 heavy (non-hydrogen) atoms. The molecule has 2 heterocycles. The lowest BCUT2D eigenvalue weighted by Crippen LogP contribution is -2.44. The minimum Gasteiger partial charge on any atom is -0.314 e. The van der Waals surface area contributed by atoms with Crippen molar-refractivity contribution in [1.29, 1.82) is 0 Å². The van der Waals surface area contributed by atoms with Crippen molar-refractivity contribution in [2.45, 2.75) is 31.6 Å². The number of aromatic nitrogens is 2. The van der Waals surface area contributed by atoms with Gasteiger partial charge in [-0.15, -0.1) is 0 Å². The lowest BCUT2D eigenvalue weighted by atomic mass is 9.81. The quantitative estimate of drug-likeness (QED) is 0.820. The molecule has 94 valence electrons. The molecule has 2 aliphatic rings. The van der Waals surface area contributed by atoms with E-state index in [1.165, 1.54) is 50.2 Å². The second-order valence-corrected chi connectivity index (χ2v) is 5.28. The molecule has 2 N–H and O–H groups in total. The monoisotopic (exact) mass is 234 g/mol. The summed E-state index contributed by atoms with van der Waals surface area (Å²) < 4.78 is 0. The Kier molecular flexibility index (Phi) is 3.43. The van der Waals surface area contributed by atoms with E-state index in [9.17, 15) is 0 Å². The molecule has 1 aliphatic carbocycles. The predicted molar refractivity (Wildman–Crippen MR) is 68.2 cm³/mol. The van der Waals surface area contributed by atoms with Crippen LogP contribution in [0.5, 0.6) is 0 Å². The summed E-state index contributed by atoms with van der Waals surface area (Å²) in [5.74, 6) is 0.774. The summed E-state index contributed by atoms with van der Waals surface area (Å²) >= 11 is 0. The Labute approximate surface area is 103 Å². The van der Waals surface area contributed by atoms with Gasteiger partial charge in [-0.2, -0.15) is 5.10 Å². The van der Waals surface area contributed by atoms with Gasteiger partial charge in [-0.3, -0.25) is 5.10 Å². The zero-order valence-corrected chi connectivity index (χ0v) is 10.4. The van der Waals surface area contributed by atoms with E-state index in [1.807, 2.05) is 6.20 Å². The van der Waals surface area contributed by atoms with Crippen LogP contribution in [0.3, 0.4) is 0 Å². The number of nitrogens with zero attached hydrogens (tertiary/aromatic N) is 2. The normalized spacial score (nSPS) is 22.6. The van der Waals surface area contributed by atoms with Gasteiger partial charge in [0, 0.05) is 44.3 Å². The standard InChI is InChI=1S/C13H22N4/c1-2-11(3-1)13-12(10-15-16-13)4-7-17-8-5-14-6-9-17/h10-11,14H,1-9H2,(H,15,16). The average molecular weight is 234 g/mol. The maximum absolute atomic E-state index is 4.23. The van der Waals surface area contributed by atoms with Gasteiger partial charge in [0.25, 0.3) is 0 Å². The maximum atomic E-state index is 4.23. The molecule has 0 amide bonds. The Balaban J connectivity index is 1.55. The van der Waals surface area contributed by atoms with Gasteiger partial charge in [-0.1, -0.05) is 6.42 Å². The second kappa shape index (κ2) is 5.19. The number of hydrogen-bond acceptors (Lipinski definition) is 3. The van der Waals surface area contributed by atoms with Crippen LogP contribution in [0.4, 0.5) is 0 Å². The zero-order valence-electron chi connectivity index (χ0n) is 10.4. The minimum atomic E-state index is 0.774. The maximum Gasteiger partial charge on any atom is 0.0522 e. The van der Waals surface area contributed by atoms with Crippen LogP contribution in [0.1, 0.15) is 36.4 Å². The van der Waals surface area contributed by atoms with Crippen LogP contribution in [0.2, 0.25) is 0 Å². The topological polar surface area (TPSA) is 44.0 Å². The van der Waals surface area contributed by atoms with E-state index in [1.54, 1.807) is 0 Å². The number of rotatable bonds is 4. The number of aromatic amines is 1. The first-order valence-electron chi connectivity index (χ1n) is 6.88. The van der Waals surface area contributed by atoms with Gasteiger partial charge in [0.2, 0.25) is 0 Å². The first-order chi connectivity index (χ1) is 8.43. The first-order valence-corrected chi connectivity index (χ1v) is 6.88. The molecule has 4 nitrogen and oxygen atoms in total. The SMILES string of the molecule is c1n[nH]c(C2CCC2)c1CCN1CCNCC1. The Morgan fingerprint density at radius 1 is 1.29 bits per heavy atom. The molecule has 1 aromatic rings. The number of nitrogens with one attached hydrogen (secondary N) is 2. The van der Waals surface area contributed by atoms with Gasteiger partial charge >= 0.3 is 0 Å². The predicted octanol–water partition coefficient (Wildman–Crippen LogP) is 1.12. The van der Waals surface area contributed by atoms with E-state index in [0.29, 0.717) is 0 Å². The van der Waals surface area contributed by atoms with Crippen LogP contribution in [-0.4, -0.2) is 47.8 Å². The second-order valence-electron chi connectivity index (χ2n) is 5.28. The summed E-state index contributed by atoms with van der Waals surface area (Å²) in [6.45, 7) is 5.84. The molecular weight excluding hydrogens is 212 g/mol. The van der Waals surface area contributed by atoms with Crippen molar-refractivity contribution in [3.63, 3.8) is 0 Å². The highest BCUT2D eigenvalue weighted by Gasteiger charge is 2.23. The summed E-state index contributed by atoms with van der Waals surface area (Å²) in [6.07, 6.45) is 7.28. The molecule has 0 spiro atoms. The van der Waals surface area contributed by atoms with Crippen LogP contribution in [0.15, 0.2) is 6.20 Å². The summed E-state index contributed by atoms with van der Waals surface area (Å²) in [5, 5.41) is 10.8. The van der Waals surface area contributed by atoms with Gasteiger partial charge in [-0.05, 0) is 24.8 Å². The van der Waals surface area contributed by atoms with E-state index < -0.39 is 0 Å². The fourth-order valence-electron chi connectivity index (χ4n) is 2.78. The van der Waals surface area contributed by atoms with Crippen molar-refractivity contribution < 1.29 is 0 Å². The summed E-state index contributed by atoms with van der Waals surface area (Å²) in [7, 11) is 0. The molecule has 1 saturated carbocycles. The molecule has 1 aromatic heterocycles. The van der Waals surface area contributed by atoms with Gasteiger partial charge in [-0.25, -0.2) is 0 Å². The van der Waals surface area contributed by atoms with Gasteiger partial charge in [0.15, 0.2) is 0 Å². The van der Waals surface area contributed by atoms with E-state index >= 15 is 0 Å². The van der Waals surface area contributed by atoms with E-state index in [-0.39, 0.29) is 0 Å². The van der Waals surface area contributed by atoms with Crippen LogP contribution < -0.4 is 5.32 Å². The Bertz CT molecular complexity index is 350. The van der Waals surface area contributed by atoms with Gasteiger partial charge < -0.3 is 10.2 Å². The van der Waals surface area contributed by atoms with Crippen molar-refractivity contribution in [3.8, 4) is 0 Å². The molecule has 1 saturated heterocycles. The van der Waals surface area contributed by atoms with Crippen LogP contribution in [0.25, 0.3) is 0 Å². The van der Waals surface area contributed by atoms with Crippen LogP contribution in [0, 0.1) is 0 Å². The van der Waals surface area contributed by atoms with Crippen LogP contribution >= 0.6 is 0 Å². The molecule has 0 unspecified atom stereocenters. The molecule has 0 bridgehead atoms. The number of H-pyrrole nitrogens is 1. The Hall–Kier alpha value is -0.870. The third-order valence-electron chi connectivity index (χ3n) is 4.17. The molecular formula is C13H22N4. The number of hydrogen-bond donors (Lipinski definition) is 2. The highest BCUT2D eigenvalue weighted by atomic mass is 15.2. The van der Waals surface area contributed by atoms with Crippen molar-refractivity contribution >= 4 is 0 Å². The van der Waals surface area contributed by atoms with E-state index in [2.05, 4.69) is 20.4 Å². The third kappa shape index (κ3) is 2.53. The Morgan fingerprint density at radius 2 is 2.12 bits per heavy atom. The highest BCUT2D eigenvalue weighted by Crippen LogP contribution is 2.36. The lowest BCUT2D eigenvalue weighted by Gasteiger charge is -2.28. The molecule has 0 radical (unpaired) electrons. The minimum absolute atomic E-state index is 0.774. The Morgan fingerprint density at radius 3 is 2.82 bits per heavy atom. The van der Waals surface area contributed by atoms with Crippen LogP contribution in [-0.2, 0) is 6.42 Å². The fraction of sp³-hybridized carbons (Fsp3) is 0.769. The fourth-order valence-corrected chi connectivity index (χ4v) is 2.78. The smallest absolute Gasteiger partial charge is 0.0522 e. The van der Waals surface area contributed by atoms with Crippen molar-refractivity contribution in [3.05, 3.63) is 17.5 Å². The number of piperazine rings is 1. The average Bonchev–Trinajstić information content (AvgIpc) is 2.74. The van der Waals surface area contributed by atoms with Gasteiger partial charge in [0.1, 0.15) is 0 Å². The summed E-state index contributed by atoms with van der Waals surface area (Å²) in [6, 6.07) is 0. The summed E-state index contributed by atoms with van der Waals surface area (Å²) in [4.78, 5) is 2.55. The van der Waals surface area contributed by atoms with Crippen molar-refractivity contribution in [2.75, 3.05) is 32.7 Å². The van der Waals surface area contributed by atoms with Crippen molar-refractivity contribution in [2.24, 2.45) is 0 Å². The van der Waals surface area contributed by atoms with E-state index in [0.717, 1.165) is 25.4 Å². The van der Waals surface area contributed by atoms with Crippen molar-refractivity contribution in [1.82, 2.24) is 20.4 Å². The first kappa shape index (κ1) is 11.2.